The van der Waals surface area contributed by atoms with Crippen LogP contribution in [0.5, 0.6) is 0 Å². The minimum atomic E-state index is -1.02. The van der Waals surface area contributed by atoms with Crippen LogP contribution < -0.4 is 34.7 Å². The fraction of sp³-hybridized carbons (Fsp3) is 0.300. The van der Waals surface area contributed by atoms with E-state index in [0.717, 1.165) is 11.0 Å². The standard InChI is InChI=1S/C10H11N3O2.Na/c14-10(15)4-2-6-13-9-3-1-5-11-8(9)7-12-13;/h1,3,5,7H,2,4,6H2,(H,14,15);/q;+1/p-1. The van der Waals surface area contributed by atoms with E-state index in [1.807, 2.05) is 12.1 Å². The van der Waals surface area contributed by atoms with Gasteiger partial charge < -0.3 is 9.90 Å². The molecule has 2 rings (SSSR count). The normalized spacial score (nSPS) is 10.0. The van der Waals surface area contributed by atoms with Crippen LogP contribution in [0.1, 0.15) is 12.8 Å². The fourth-order valence-electron chi connectivity index (χ4n) is 1.46. The summed E-state index contributed by atoms with van der Waals surface area (Å²) >= 11 is 0. The molecule has 0 aliphatic heterocycles. The van der Waals surface area contributed by atoms with Gasteiger partial charge in [0.05, 0.1) is 11.7 Å². The van der Waals surface area contributed by atoms with E-state index >= 15 is 0 Å². The fourth-order valence-corrected chi connectivity index (χ4v) is 1.46. The molecule has 6 heteroatoms. The van der Waals surface area contributed by atoms with Gasteiger partial charge in [0.25, 0.3) is 0 Å². The molecule has 0 aliphatic rings. The number of pyridine rings is 1. The maximum atomic E-state index is 10.2. The molecule has 78 valence electrons. The maximum absolute atomic E-state index is 10.2. The molecule has 0 aliphatic carbocycles. The summed E-state index contributed by atoms with van der Waals surface area (Å²) < 4.78 is 1.76. The van der Waals surface area contributed by atoms with E-state index in [-0.39, 0.29) is 36.0 Å². The molecule has 0 unspecified atom stereocenters. The summed E-state index contributed by atoms with van der Waals surface area (Å²) in [6, 6.07) is 3.74. The number of fused-ring (bicyclic) bond motifs is 1. The van der Waals surface area contributed by atoms with Crippen LogP contribution in [0.15, 0.2) is 24.5 Å². The van der Waals surface area contributed by atoms with Gasteiger partial charge in [0.1, 0.15) is 5.52 Å². The van der Waals surface area contributed by atoms with E-state index < -0.39 is 5.97 Å². The molecule has 16 heavy (non-hydrogen) atoms. The van der Waals surface area contributed by atoms with E-state index in [1.54, 1.807) is 17.1 Å². The van der Waals surface area contributed by atoms with Crippen molar-refractivity contribution in [2.24, 2.45) is 0 Å². The number of aromatic nitrogens is 3. The van der Waals surface area contributed by atoms with Gasteiger partial charge >= 0.3 is 29.6 Å². The second-order valence-corrected chi connectivity index (χ2v) is 3.25. The van der Waals surface area contributed by atoms with Crippen molar-refractivity contribution >= 4 is 17.0 Å². The number of nitrogens with zero attached hydrogens (tertiary/aromatic N) is 3. The average Bonchev–Trinajstić information content (AvgIpc) is 2.62. The predicted octanol–water partition coefficient (Wildman–Crippen LogP) is -3.03. The Labute approximate surface area is 115 Å². The number of aliphatic carboxylic acids is 1. The number of aryl methyl sites for hydroxylation is 1. The Kier molecular flexibility index (Phi) is 4.92. The van der Waals surface area contributed by atoms with Gasteiger partial charge in [-0.25, -0.2) is 0 Å². The van der Waals surface area contributed by atoms with E-state index in [0.29, 0.717) is 13.0 Å². The molecule has 2 aromatic heterocycles. The first-order valence-corrected chi connectivity index (χ1v) is 4.74. The second-order valence-electron chi connectivity index (χ2n) is 3.25. The summed E-state index contributed by atoms with van der Waals surface area (Å²) in [4.78, 5) is 14.4. The number of carboxylic acid groups (broad SMARTS) is 1. The summed E-state index contributed by atoms with van der Waals surface area (Å²) in [7, 11) is 0. The first-order valence-electron chi connectivity index (χ1n) is 4.74. The zero-order valence-corrected chi connectivity index (χ0v) is 11.1. The number of rotatable bonds is 4. The largest absolute Gasteiger partial charge is 1.00 e. The summed E-state index contributed by atoms with van der Waals surface area (Å²) in [5, 5.41) is 14.4. The molecule has 0 saturated heterocycles. The summed E-state index contributed by atoms with van der Waals surface area (Å²) in [6.07, 6.45) is 3.96. The van der Waals surface area contributed by atoms with Crippen molar-refractivity contribution in [3.05, 3.63) is 24.5 Å². The van der Waals surface area contributed by atoms with Gasteiger partial charge in [-0.3, -0.25) is 9.67 Å². The molecule has 0 amide bonds. The molecular weight excluding hydrogens is 217 g/mol. The monoisotopic (exact) mass is 227 g/mol. The summed E-state index contributed by atoms with van der Waals surface area (Å²) in [5.74, 6) is -1.02. The predicted molar refractivity (Wildman–Crippen MR) is 51.8 cm³/mol. The molecule has 0 N–H and O–H groups in total. The van der Waals surface area contributed by atoms with E-state index in [1.165, 1.54) is 0 Å². The van der Waals surface area contributed by atoms with Crippen LogP contribution in [0, 0.1) is 0 Å². The van der Waals surface area contributed by atoms with Crippen LogP contribution in [0.25, 0.3) is 11.0 Å². The second kappa shape index (κ2) is 5.98. The van der Waals surface area contributed by atoms with Crippen molar-refractivity contribution in [3.63, 3.8) is 0 Å². The first kappa shape index (κ1) is 13.2. The first-order chi connectivity index (χ1) is 7.27. The van der Waals surface area contributed by atoms with Gasteiger partial charge in [-0.05, 0) is 25.0 Å². The van der Waals surface area contributed by atoms with Crippen LogP contribution >= 0.6 is 0 Å². The quantitative estimate of drug-likeness (QED) is 0.521. The van der Waals surface area contributed by atoms with Gasteiger partial charge in [-0.15, -0.1) is 0 Å². The number of carbonyl (C=O) groups excluding carboxylic acids is 1. The van der Waals surface area contributed by atoms with Crippen molar-refractivity contribution < 1.29 is 39.5 Å². The Morgan fingerprint density at radius 3 is 3.06 bits per heavy atom. The van der Waals surface area contributed by atoms with Gasteiger partial charge in [-0.2, -0.15) is 5.10 Å². The molecular formula is C10H10N3NaO2. The number of hydrogen-bond acceptors (Lipinski definition) is 4. The average molecular weight is 227 g/mol. The molecule has 0 spiro atoms. The van der Waals surface area contributed by atoms with E-state index in [9.17, 15) is 9.90 Å². The molecule has 0 fully saturated rings. The zero-order chi connectivity index (χ0) is 10.7. The number of carboxylic acids is 1. The van der Waals surface area contributed by atoms with Gasteiger partial charge in [-0.1, -0.05) is 0 Å². The Morgan fingerprint density at radius 2 is 2.31 bits per heavy atom. The van der Waals surface area contributed by atoms with E-state index in [4.69, 9.17) is 0 Å². The van der Waals surface area contributed by atoms with Crippen molar-refractivity contribution in [3.8, 4) is 0 Å². The SMILES string of the molecule is O=C([O-])CCCn1ncc2ncccc21.[Na+]. The van der Waals surface area contributed by atoms with Crippen molar-refractivity contribution in [1.29, 1.82) is 0 Å². The van der Waals surface area contributed by atoms with Crippen LogP contribution in [0.2, 0.25) is 0 Å². The molecule has 0 atom stereocenters. The Bertz CT molecular complexity index is 484. The summed E-state index contributed by atoms with van der Waals surface area (Å²) in [6.45, 7) is 0.573. The van der Waals surface area contributed by atoms with Crippen LogP contribution in [0.3, 0.4) is 0 Å². The van der Waals surface area contributed by atoms with Crippen molar-refractivity contribution in [2.45, 2.75) is 19.4 Å². The molecule has 0 radical (unpaired) electrons. The van der Waals surface area contributed by atoms with Crippen LogP contribution in [0.4, 0.5) is 0 Å². The minimum Gasteiger partial charge on any atom is -0.550 e. The zero-order valence-electron chi connectivity index (χ0n) is 9.09. The van der Waals surface area contributed by atoms with Gasteiger partial charge in [0.15, 0.2) is 0 Å². The van der Waals surface area contributed by atoms with Crippen molar-refractivity contribution in [2.75, 3.05) is 0 Å². The van der Waals surface area contributed by atoms with Gasteiger partial charge in [0.2, 0.25) is 0 Å². The molecule has 2 aromatic rings. The third kappa shape index (κ3) is 3.04. The third-order valence-electron chi connectivity index (χ3n) is 2.16. The topological polar surface area (TPSA) is 70.8 Å². The molecule has 0 bridgehead atoms. The Balaban J connectivity index is 0.00000128. The molecule has 0 aromatic carbocycles. The molecule has 2 heterocycles. The summed E-state index contributed by atoms with van der Waals surface area (Å²) in [5.41, 5.74) is 1.75. The minimum absolute atomic E-state index is 0. The van der Waals surface area contributed by atoms with Crippen molar-refractivity contribution in [1.82, 2.24) is 14.8 Å². The Morgan fingerprint density at radius 1 is 1.50 bits per heavy atom. The van der Waals surface area contributed by atoms with Crippen LogP contribution in [-0.4, -0.2) is 20.7 Å². The van der Waals surface area contributed by atoms with Crippen LogP contribution in [-0.2, 0) is 11.3 Å². The maximum Gasteiger partial charge on any atom is 1.00 e. The number of hydrogen-bond donors (Lipinski definition) is 0. The smallest absolute Gasteiger partial charge is 0.550 e. The molecule has 0 saturated carbocycles. The molecule has 5 nitrogen and oxygen atoms in total. The Hall–Kier alpha value is -0.910. The van der Waals surface area contributed by atoms with E-state index in [2.05, 4.69) is 10.1 Å². The number of carbonyl (C=O) groups is 1. The third-order valence-corrected chi connectivity index (χ3v) is 2.16. The van der Waals surface area contributed by atoms with Gasteiger partial charge in [0, 0.05) is 18.7 Å².